The van der Waals surface area contributed by atoms with Crippen LogP contribution in [0.1, 0.15) is 16.0 Å². The molecule has 0 saturated heterocycles. The zero-order chi connectivity index (χ0) is 25.4. The van der Waals surface area contributed by atoms with Gasteiger partial charge in [0.2, 0.25) is 0 Å². The van der Waals surface area contributed by atoms with Crippen LogP contribution in [-0.4, -0.2) is 19.2 Å². The Labute approximate surface area is 221 Å². The third-order valence-corrected chi connectivity index (χ3v) is 8.80. The standard InChI is InChI=1S/C30H24BrFO3S/c1-17-18(2)36-29-26(17)27(21-11-7-8-12-22(21)28(29)31)20-13-14-24(23(32)16-20)35-25(30(33)34-3)15-19-9-5-4-6-10-19/h4-14,16,25H,15H2,1-3H3. The van der Waals surface area contributed by atoms with Gasteiger partial charge in [-0.15, -0.1) is 11.3 Å². The number of methoxy groups -OCH3 is 1. The van der Waals surface area contributed by atoms with Crippen LogP contribution in [-0.2, 0) is 16.0 Å². The third kappa shape index (κ3) is 4.40. The van der Waals surface area contributed by atoms with Crippen LogP contribution in [0.2, 0.25) is 0 Å². The summed E-state index contributed by atoms with van der Waals surface area (Å²) in [6, 6.07) is 22.6. The Hall–Kier alpha value is -3.22. The molecule has 0 spiro atoms. The van der Waals surface area contributed by atoms with Gasteiger partial charge in [0, 0.05) is 21.2 Å². The second-order valence-corrected chi connectivity index (χ2v) is 10.7. The molecular formula is C30H24BrFO3S. The molecule has 5 rings (SSSR count). The maximum absolute atomic E-state index is 15.5. The molecule has 1 aromatic heterocycles. The summed E-state index contributed by atoms with van der Waals surface area (Å²) in [5, 5.41) is 3.24. The Bertz CT molecular complexity index is 1590. The number of carbonyl (C=O) groups excluding carboxylic acids is 1. The van der Waals surface area contributed by atoms with Crippen molar-refractivity contribution < 1.29 is 18.7 Å². The number of ether oxygens (including phenoxy) is 2. The Morgan fingerprint density at radius 3 is 2.39 bits per heavy atom. The number of aryl methyl sites for hydroxylation is 2. The van der Waals surface area contributed by atoms with E-state index in [1.54, 1.807) is 17.4 Å². The fraction of sp³-hybridized carbons (Fsp3) is 0.167. The topological polar surface area (TPSA) is 35.5 Å². The summed E-state index contributed by atoms with van der Waals surface area (Å²) in [5.41, 5.74) is 3.83. The van der Waals surface area contributed by atoms with E-state index < -0.39 is 17.9 Å². The molecular weight excluding hydrogens is 539 g/mol. The van der Waals surface area contributed by atoms with Gasteiger partial charge in [0.15, 0.2) is 17.7 Å². The van der Waals surface area contributed by atoms with Gasteiger partial charge in [-0.1, -0.05) is 60.7 Å². The van der Waals surface area contributed by atoms with Crippen LogP contribution in [0, 0.1) is 19.7 Å². The molecule has 6 heteroatoms. The van der Waals surface area contributed by atoms with Crippen molar-refractivity contribution in [2.45, 2.75) is 26.4 Å². The van der Waals surface area contributed by atoms with Gasteiger partial charge in [-0.3, -0.25) is 0 Å². The summed E-state index contributed by atoms with van der Waals surface area (Å²) in [5.74, 6) is -1.06. The van der Waals surface area contributed by atoms with E-state index in [0.717, 1.165) is 42.0 Å². The molecule has 0 aliphatic rings. The minimum absolute atomic E-state index is 0.0148. The van der Waals surface area contributed by atoms with Gasteiger partial charge < -0.3 is 9.47 Å². The van der Waals surface area contributed by atoms with Gasteiger partial charge in [0.25, 0.3) is 0 Å². The molecule has 5 aromatic rings. The van der Waals surface area contributed by atoms with E-state index in [4.69, 9.17) is 9.47 Å². The molecule has 0 aliphatic carbocycles. The number of fused-ring (bicyclic) bond motifs is 2. The molecule has 0 saturated carbocycles. The Balaban J connectivity index is 1.59. The smallest absolute Gasteiger partial charge is 0.347 e. The molecule has 0 amide bonds. The lowest BCUT2D eigenvalue weighted by Gasteiger charge is -2.18. The Morgan fingerprint density at radius 2 is 1.69 bits per heavy atom. The lowest BCUT2D eigenvalue weighted by molar-refractivity contribution is -0.148. The lowest BCUT2D eigenvalue weighted by atomic mass is 9.93. The van der Waals surface area contributed by atoms with Crippen LogP contribution >= 0.6 is 27.3 Å². The largest absolute Gasteiger partial charge is 0.475 e. The van der Waals surface area contributed by atoms with Gasteiger partial charge >= 0.3 is 5.97 Å². The van der Waals surface area contributed by atoms with E-state index in [-0.39, 0.29) is 12.2 Å². The monoisotopic (exact) mass is 562 g/mol. The first-order chi connectivity index (χ1) is 17.4. The summed E-state index contributed by atoms with van der Waals surface area (Å²) in [6.07, 6.45) is -0.681. The molecule has 3 nitrogen and oxygen atoms in total. The number of benzene rings is 4. The van der Waals surface area contributed by atoms with Crippen LogP contribution in [0.25, 0.3) is 32.0 Å². The number of hydrogen-bond acceptors (Lipinski definition) is 4. The van der Waals surface area contributed by atoms with Crippen molar-refractivity contribution in [1.82, 2.24) is 0 Å². The normalized spacial score (nSPS) is 12.1. The first-order valence-electron chi connectivity index (χ1n) is 11.6. The van der Waals surface area contributed by atoms with Crippen LogP contribution < -0.4 is 4.74 Å². The molecule has 1 unspecified atom stereocenters. The fourth-order valence-corrected chi connectivity index (χ4v) is 6.47. The zero-order valence-electron chi connectivity index (χ0n) is 20.1. The number of esters is 1. The van der Waals surface area contributed by atoms with Crippen molar-refractivity contribution in [3.05, 3.63) is 99.1 Å². The minimum Gasteiger partial charge on any atom is -0.475 e. The number of carbonyl (C=O) groups is 1. The highest BCUT2D eigenvalue weighted by molar-refractivity contribution is 9.11. The van der Waals surface area contributed by atoms with Crippen LogP contribution in [0.4, 0.5) is 4.39 Å². The van der Waals surface area contributed by atoms with E-state index >= 15 is 4.39 Å². The van der Waals surface area contributed by atoms with E-state index in [0.29, 0.717) is 0 Å². The average Bonchev–Trinajstić information content (AvgIpc) is 3.19. The van der Waals surface area contributed by atoms with Crippen molar-refractivity contribution in [2.24, 2.45) is 0 Å². The van der Waals surface area contributed by atoms with Gasteiger partial charge in [-0.2, -0.15) is 0 Å². The van der Waals surface area contributed by atoms with Crippen LogP contribution in [0.3, 0.4) is 0 Å². The zero-order valence-corrected chi connectivity index (χ0v) is 22.5. The molecule has 4 aromatic carbocycles. The highest BCUT2D eigenvalue weighted by Gasteiger charge is 2.24. The van der Waals surface area contributed by atoms with E-state index in [1.807, 2.05) is 48.5 Å². The number of halogens is 2. The van der Waals surface area contributed by atoms with Crippen molar-refractivity contribution in [1.29, 1.82) is 0 Å². The molecule has 0 radical (unpaired) electrons. The van der Waals surface area contributed by atoms with Crippen molar-refractivity contribution in [3.8, 4) is 16.9 Å². The average molecular weight is 563 g/mol. The molecule has 0 bridgehead atoms. The van der Waals surface area contributed by atoms with Gasteiger partial charge in [0.05, 0.1) is 11.8 Å². The third-order valence-electron chi connectivity index (χ3n) is 6.49. The maximum Gasteiger partial charge on any atom is 0.347 e. The molecule has 0 fully saturated rings. The van der Waals surface area contributed by atoms with Crippen molar-refractivity contribution in [3.63, 3.8) is 0 Å². The van der Waals surface area contributed by atoms with Gasteiger partial charge in [-0.05, 0) is 74.9 Å². The quantitative estimate of drug-likeness (QED) is 0.195. The predicted molar refractivity (Wildman–Crippen MR) is 148 cm³/mol. The molecule has 36 heavy (non-hydrogen) atoms. The predicted octanol–water partition coefficient (Wildman–Crippen LogP) is 8.40. The summed E-state index contributed by atoms with van der Waals surface area (Å²) >= 11 is 5.54. The highest BCUT2D eigenvalue weighted by Crippen LogP contribution is 2.47. The van der Waals surface area contributed by atoms with Crippen LogP contribution in [0.15, 0.2) is 77.3 Å². The number of thiophene rings is 1. The molecule has 1 atom stereocenters. The van der Waals surface area contributed by atoms with Gasteiger partial charge in [-0.25, -0.2) is 9.18 Å². The maximum atomic E-state index is 15.5. The second-order valence-electron chi connectivity index (χ2n) is 8.69. The molecule has 0 N–H and O–H groups in total. The number of rotatable bonds is 6. The lowest BCUT2D eigenvalue weighted by Crippen LogP contribution is -2.31. The van der Waals surface area contributed by atoms with E-state index in [9.17, 15) is 4.79 Å². The van der Waals surface area contributed by atoms with E-state index in [2.05, 4.69) is 41.9 Å². The molecule has 0 aliphatic heterocycles. The minimum atomic E-state index is -0.959. The first-order valence-corrected chi connectivity index (χ1v) is 13.2. The van der Waals surface area contributed by atoms with Crippen molar-refractivity contribution in [2.75, 3.05) is 7.11 Å². The molecule has 182 valence electrons. The van der Waals surface area contributed by atoms with E-state index in [1.165, 1.54) is 23.6 Å². The van der Waals surface area contributed by atoms with Gasteiger partial charge in [0.1, 0.15) is 0 Å². The second kappa shape index (κ2) is 10.0. The SMILES string of the molecule is COC(=O)C(Cc1ccccc1)Oc1ccc(-c2c3ccccc3c(Br)c3sc(C)c(C)c23)cc1F. The highest BCUT2D eigenvalue weighted by atomic mass is 79.9. The number of hydrogen-bond donors (Lipinski definition) is 0. The van der Waals surface area contributed by atoms with Crippen LogP contribution in [0.5, 0.6) is 5.75 Å². The summed E-state index contributed by atoms with van der Waals surface area (Å²) in [7, 11) is 1.30. The fourth-order valence-electron chi connectivity index (χ4n) is 4.57. The molecule has 1 heterocycles. The summed E-state index contributed by atoms with van der Waals surface area (Å²) in [4.78, 5) is 13.6. The van der Waals surface area contributed by atoms with Crippen molar-refractivity contribution >= 4 is 54.1 Å². The Morgan fingerprint density at radius 1 is 1.00 bits per heavy atom. The summed E-state index contributed by atoms with van der Waals surface area (Å²) < 4.78 is 28.5. The summed E-state index contributed by atoms with van der Waals surface area (Å²) in [6.45, 7) is 4.22. The Kier molecular flexibility index (Phi) is 6.82. The first kappa shape index (κ1) is 24.5.